The zero-order chi connectivity index (χ0) is 20.5. The van der Waals surface area contributed by atoms with E-state index in [4.69, 9.17) is 34.8 Å². The van der Waals surface area contributed by atoms with Gasteiger partial charge in [-0.15, -0.1) is 0 Å². The summed E-state index contributed by atoms with van der Waals surface area (Å²) in [6.07, 6.45) is -4.89. The number of benzene rings is 2. The Morgan fingerprint density at radius 2 is 1.68 bits per heavy atom. The minimum absolute atomic E-state index is 0.0657. The summed E-state index contributed by atoms with van der Waals surface area (Å²) >= 11 is 17.4. The number of alkyl halides is 3. The van der Waals surface area contributed by atoms with E-state index < -0.39 is 22.5 Å². The predicted octanol–water partition coefficient (Wildman–Crippen LogP) is 6.01. The molecule has 0 saturated heterocycles. The summed E-state index contributed by atoms with van der Waals surface area (Å²) in [4.78, 5) is 16.2. The van der Waals surface area contributed by atoms with Gasteiger partial charge in [-0.1, -0.05) is 53.0 Å². The largest absolute Gasteiger partial charge is 0.435 e. The maximum atomic E-state index is 13.3. The number of nitrogens with one attached hydrogen (secondary N) is 1. The van der Waals surface area contributed by atoms with E-state index in [1.807, 2.05) is 0 Å². The van der Waals surface area contributed by atoms with Crippen LogP contribution in [0.5, 0.6) is 0 Å². The molecule has 0 bridgehead atoms. The second-order valence-electron chi connectivity index (χ2n) is 5.75. The van der Waals surface area contributed by atoms with Crippen LogP contribution >= 0.6 is 34.8 Å². The molecule has 0 aliphatic rings. The van der Waals surface area contributed by atoms with Crippen LogP contribution in [0.2, 0.25) is 15.1 Å². The SMILES string of the molecule is O=c1c(Cl)c(C(F)(F)F)nc(Nc2cccc(Cl)c2)n1Cc1ccc(Cl)cc1. The molecule has 10 heteroatoms. The summed E-state index contributed by atoms with van der Waals surface area (Å²) in [5, 5.41) is 2.55. The molecule has 0 aliphatic heterocycles. The van der Waals surface area contributed by atoms with Gasteiger partial charge in [0, 0.05) is 15.7 Å². The lowest BCUT2D eigenvalue weighted by atomic mass is 10.2. The fourth-order valence-corrected chi connectivity index (χ4v) is 3.00. The number of aromatic nitrogens is 2. The molecule has 1 N–H and O–H groups in total. The highest BCUT2D eigenvalue weighted by molar-refractivity contribution is 6.31. The first-order valence-corrected chi connectivity index (χ1v) is 8.93. The third-order valence-corrected chi connectivity index (χ3v) is 4.55. The molecule has 0 fully saturated rings. The number of halogens is 6. The van der Waals surface area contributed by atoms with Gasteiger partial charge in [-0.2, -0.15) is 13.2 Å². The Balaban J connectivity index is 2.13. The van der Waals surface area contributed by atoms with Gasteiger partial charge in [0.05, 0.1) is 6.54 Å². The quantitative estimate of drug-likeness (QED) is 0.531. The number of nitrogens with zero attached hydrogens (tertiary/aromatic N) is 2. The first-order valence-electron chi connectivity index (χ1n) is 7.79. The summed E-state index contributed by atoms with van der Waals surface area (Å²) in [6.45, 7) is -0.0657. The Hall–Kier alpha value is -2.22. The highest BCUT2D eigenvalue weighted by Crippen LogP contribution is 2.33. The van der Waals surface area contributed by atoms with Crippen LogP contribution in [0.15, 0.2) is 53.3 Å². The van der Waals surface area contributed by atoms with E-state index in [0.29, 0.717) is 21.3 Å². The van der Waals surface area contributed by atoms with Crippen molar-refractivity contribution in [1.82, 2.24) is 9.55 Å². The molecule has 2 aromatic carbocycles. The van der Waals surface area contributed by atoms with Gasteiger partial charge in [-0.25, -0.2) is 4.98 Å². The molecule has 146 valence electrons. The van der Waals surface area contributed by atoms with Crippen molar-refractivity contribution in [3.05, 3.63) is 85.2 Å². The fraction of sp³-hybridized carbons (Fsp3) is 0.111. The lowest BCUT2D eigenvalue weighted by Crippen LogP contribution is -2.29. The Morgan fingerprint density at radius 3 is 2.29 bits per heavy atom. The van der Waals surface area contributed by atoms with Crippen LogP contribution in [0.4, 0.5) is 24.8 Å². The normalized spacial score (nSPS) is 11.5. The highest BCUT2D eigenvalue weighted by Gasteiger charge is 2.38. The van der Waals surface area contributed by atoms with Gasteiger partial charge in [0.1, 0.15) is 5.02 Å². The zero-order valence-electron chi connectivity index (χ0n) is 13.9. The van der Waals surface area contributed by atoms with Crippen LogP contribution in [-0.2, 0) is 12.7 Å². The van der Waals surface area contributed by atoms with Crippen molar-refractivity contribution < 1.29 is 13.2 Å². The van der Waals surface area contributed by atoms with Gasteiger partial charge in [-0.3, -0.25) is 9.36 Å². The number of hydrogen-bond donors (Lipinski definition) is 1. The first kappa shape index (κ1) is 20.5. The van der Waals surface area contributed by atoms with Crippen molar-refractivity contribution in [2.75, 3.05) is 5.32 Å². The Morgan fingerprint density at radius 1 is 1.00 bits per heavy atom. The van der Waals surface area contributed by atoms with Gasteiger partial charge in [0.2, 0.25) is 5.95 Å². The molecule has 3 rings (SSSR count). The summed E-state index contributed by atoms with van der Waals surface area (Å²) in [5.74, 6) is -0.320. The van der Waals surface area contributed by atoms with Gasteiger partial charge in [-0.05, 0) is 35.9 Å². The van der Waals surface area contributed by atoms with Crippen molar-refractivity contribution >= 4 is 46.4 Å². The lowest BCUT2D eigenvalue weighted by Gasteiger charge is -2.17. The van der Waals surface area contributed by atoms with Crippen molar-refractivity contribution in [2.24, 2.45) is 0 Å². The maximum absolute atomic E-state index is 13.3. The molecule has 0 radical (unpaired) electrons. The van der Waals surface area contributed by atoms with Gasteiger partial charge >= 0.3 is 6.18 Å². The zero-order valence-corrected chi connectivity index (χ0v) is 16.2. The third kappa shape index (κ3) is 4.60. The molecule has 4 nitrogen and oxygen atoms in total. The van der Waals surface area contributed by atoms with E-state index in [2.05, 4.69) is 10.3 Å². The number of rotatable bonds is 4. The second kappa shape index (κ2) is 8.03. The Bertz CT molecular complexity index is 1070. The molecule has 0 unspecified atom stereocenters. The minimum atomic E-state index is -4.89. The van der Waals surface area contributed by atoms with E-state index >= 15 is 0 Å². The van der Waals surface area contributed by atoms with Crippen LogP contribution < -0.4 is 10.9 Å². The number of hydrogen-bond acceptors (Lipinski definition) is 3. The summed E-state index contributed by atoms with van der Waals surface area (Å²) in [6, 6.07) is 12.8. The lowest BCUT2D eigenvalue weighted by molar-refractivity contribution is -0.141. The van der Waals surface area contributed by atoms with Gasteiger partial charge in [0.25, 0.3) is 5.56 Å². The van der Waals surface area contributed by atoms with E-state index in [0.717, 1.165) is 4.57 Å². The monoisotopic (exact) mass is 447 g/mol. The van der Waals surface area contributed by atoms with Crippen LogP contribution in [0.3, 0.4) is 0 Å². The summed E-state index contributed by atoms with van der Waals surface area (Å²) in [5.41, 5.74) is -1.50. The van der Waals surface area contributed by atoms with Crippen LogP contribution in [0, 0.1) is 0 Å². The highest BCUT2D eigenvalue weighted by atomic mass is 35.5. The molecule has 28 heavy (non-hydrogen) atoms. The molecular weight excluding hydrogens is 438 g/mol. The van der Waals surface area contributed by atoms with E-state index in [9.17, 15) is 18.0 Å². The smallest absolute Gasteiger partial charge is 0.325 e. The van der Waals surface area contributed by atoms with Crippen LogP contribution in [0.25, 0.3) is 0 Å². The van der Waals surface area contributed by atoms with Crippen LogP contribution in [-0.4, -0.2) is 9.55 Å². The Labute approximate surface area is 172 Å². The summed E-state index contributed by atoms with van der Waals surface area (Å²) < 4.78 is 40.8. The topological polar surface area (TPSA) is 46.9 Å². The van der Waals surface area contributed by atoms with Crippen molar-refractivity contribution in [1.29, 1.82) is 0 Å². The van der Waals surface area contributed by atoms with Crippen LogP contribution in [0.1, 0.15) is 11.3 Å². The third-order valence-electron chi connectivity index (χ3n) is 3.72. The van der Waals surface area contributed by atoms with Gasteiger partial charge in [0.15, 0.2) is 5.69 Å². The summed E-state index contributed by atoms with van der Waals surface area (Å²) in [7, 11) is 0. The fourth-order valence-electron chi connectivity index (χ4n) is 2.43. The van der Waals surface area contributed by atoms with Crippen molar-refractivity contribution in [2.45, 2.75) is 12.7 Å². The molecule has 0 spiro atoms. The number of anilines is 2. The molecular formula is C18H11Cl3F3N3O. The standard InChI is InChI=1S/C18H11Cl3F3N3O/c19-11-6-4-10(5-7-11)9-27-16(28)14(21)15(18(22,23)24)26-17(27)25-13-3-1-2-12(20)8-13/h1-8H,9H2,(H,25,26). The van der Waals surface area contributed by atoms with E-state index in [-0.39, 0.29) is 12.5 Å². The molecule has 0 amide bonds. The molecule has 1 aromatic heterocycles. The average molecular weight is 449 g/mol. The predicted molar refractivity (Wildman–Crippen MR) is 104 cm³/mol. The van der Waals surface area contributed by atoms with E-state index in [1.165, 1.54) is 6.07 Å². The molecule has 0 aliphatic carbocycles. The minimum Gasteiger partial charge on any atom is -0.325 e. The molecule has 1 heterocycles. The molecule has 3 aromatic rings. The molecule has 0 saturated carbocycles. The maximum Gasteiger partial charge on any atom is 0.435 e. The molecule has 0 atom stereocenters. The van der Waals surface area contributed by atoms with Crippen molar-refractivity contribution in [3.8, 4) is 0 Å². The Kier molecular flexibility index (Phi) is 5.88. The van der Waals surface area contributed by atoms with Crippen molar-refractivity contribution in [3.63, 3.8) is 0 Å². The van der Waals surface area contributed by atoms with E-state index in [1.54, 1.807) is 42.5 Å². The average Bonchev–Trinajstić information content (AvgIpc) is 2.62. The first-order chi connectivity index (χ1) is 13.1. The second-order valence-corrected chi connectivity index (χ2v) is 7.00. The van der Waals surface area contributed by atoms with Gasteiger partial charge < -0.3 is 5.32 Å².